The summed E-state index contributed by atoms with van der Waals surface area (Å²) < 4.78 is 45.2. The number of halogens is 3. The fraction of sp³-hybridized carbons (Fsp3) is 0.412. The van der Waals surface area contributed by atoms with Gasteiger partial charge in [0.05, 0.1) is 5.70 Å². The van der Waals surface area contributed by atoms with E-state index in [1.54, 1.807) is 25.3 Å². The van der Waals surface area contributed by atoms with Gasteiger partial charge >= 0.3 is 13.1 Å². The van der Waals surface area contributed by atoms with Gasteiger partial charge in [-0.3, -0.25) is 5.06 Å². The van der Waals surface area contributed by atoms with Crippen LogP contribution in [-0.2, 0) is 4.76 Å². The molecule has 1 aliphatic rings. The molecule has 0 spiro atoms. The first kappa shape index (κ1) is 19.4. The molecular formula is C17H23BF3NO. The molecule has 0 aromatic carbocycles. The lowest BCUT2D eigenvalue weighted by Gasteiger charge is -2.25. The number of likely N-dealkylation sites (N-methyl/N-ethyl adjacent to an activating group) is 1. The van der Waals surface area contributed by atoms with Gasteiger partial charge in [-0.05, 0) is 26.0 Å². The molecule has 0 aliphatic heterocycles. The van der Waals surface area contributed by atoms with Gasteiger partial charge in [0.1, 0.15) is 0 Å². The highest BCUT2D eigenvalue weighted by Gasteiger charge is 2.37. The summed E-state index contributed by atoms with van der Waals surface area (Å²) in [6.45, 7) is 10.6. The van der Waals surface area contributed by atoms with Gasteiger partial charge in [-0.2, -0.15) is 13.2 Å². The fourth-order valence-electron chi connectivity index (χ4n) is 2.16. The molecular weight excluding hydrogens is 302 g/mol. The Labute approximate surface area is 136 Å². The average molecular weight is 325 g/mol. The van der Waals surface area contributed by atoms with Gasteiger partial charge in [-0.1, -0.05) is 49.6 Å². The molecule has 1 atom stereocenters. The van der Waals surface area contributed by atoms with Crippen LogP contribution in [0.4, 0.5) is 13.2 Å². The van der Waals surface area contributed by atoms with Gasteiger partial charge in [0.25, 0.3) is 0 Å². The molecule has 126 valence electrons. The summed E-state index contributed by atoms with van der Waals surface area (Å²) >= 11 is 0. The maximum atomic E-state index is 13.1. The molecule has 1 rings (SSSR count). The van der Waals surface area contributed by atoms with Crippen LogP contribution in [0.3, 0.4) is 0 Å². The number of hydrogen-bond acceptors (Lipinski definition) is 2. The van der Waals surface area contributed by atoms with Gasteiger partial charge in [-0.15, -0.1) is 0 Å². The minimum atomic E-state index is -4.37. The first-order valence-corrected chi connectivity index (χ1v) is 7.45. The van der Waals surface area contributed by atoms with Gasteiger partial charge in [0.15, 0.2) is 0 Å². The topological polar surface area (TPSA) is 12.5 Å². The predicted octanol–water partition coefficient (Wildman–Crippen LogP) is 5.11. The number of nitrogens with zero attached hydrogens (tertiary/aromatic N) is 1. The van der Waals surface area contributed by atoms with Crippen molar-refractivity contribution in [3.63, 3.8) is 0 Å². The van der Waals surface area contributed by atoms with Crippen LogP contribution in [0.15, 0.2) is 59.3 Å². The van der Waals surface area contributed by atoms with E-state index in [1.165, 1.54) is 18.1 Å². The molecule has 0 aromatic heterocycles. The van der Waals surface area contributed by atoms with E-state index in [1.807, 2.05) is 20.7 Å². The summed E-state index contributed by atoms with van der Waals surface area (Å²) in [6, 6.07) is 0. The van der Waals surface area contributed by atoms with Crippen molar-refractivity contribution >= 4 is 6.92 Å². The molecule has 23 heavy (non-hydrogen) atoms. The van der Waals surface area contributed by atoms with Crippen LogP contribution >= 0.6 is 0 Å². The summed E-state index contributed by atoms with van der Waals surface area (Å²) in [4.78, 5) is 0. The molecule has 0 N–H and O–H groups in total. The Bertz CT molecular complexity index is 573. The molecule has 0 bridgehead atoms. The van der Waals surface area contributed by atoms with E-state index >= 15 is 0 Å². The van der Waals surface area contributed by atoms with Crippen LogP contribution in [0.25, 0.3) is 0 Å². The number of rotatable bonds is 5. The van der Waals surface area contributed by atoms with E-state index < -0.39 is 17.7 Å². The standard InChI is InChI=1S/C17H23BF3NO/c1-7-12(2)14(4)18(5)23-22(6)15-10-8-9-13(3)16(11-15)17(19,20)21/h7-11,13H,1H2,2-6H3/b14-12-/t13-/m1/s1. The summed E-state index contributed by atoms with van der Waals surface area (Å²) in [7, 11) is 1.60. The Morgan fingerprint density at radius 1 is 1.39 bits per heavy atom. The van der Waals surface area contributed by atoms with E-state index in [9.17, 15) is 13.2 Å². The van der Waals surface area contributed by atoms with Crippen molar-refractivity contribution in [2.75, 3.05) is 7.05 Å². The Morgan fingerprint density at radius 2 is 2.00 bits per heavy atom. The molecule has 0 aromatic rings. The Balaban J connectivity index is 3.01. The van der Waals surface area contributed by atoms with Crippen molar-refractivity contribution < 1.29 is 17.9 Å². The van der Waals surface area contributed by atoms with Crippen molar-refractivity contribution in [1.29, 1.82) is 0 Å². The monoisotopic (exact) mass is 325 g/mol. The summed E-state index contributed by atoms with van der Waals surface area (Å²) in [5.74, 6) is -0.695. The second-order valence-corrected chi connectivity index (χ2v) is 5.68. The van der Waals surface area contributed by atoms with Crippen molar-refractivity contribution in [2.45, 2.75) is 33.8 Å². The smallest absolute Gasteiger partial charge is 0.332 e. The summed E-state index contributed by atoms with van der Waals surface area (Å²) in [5.41, 5.74) is 1.73. The van der Waals surface area contributed by atoms with Crippen LogP contribution in [0, 0.1) is 5.92 Å². The third-order valence-corrected chi connectivity index (χ3v) is 4.01. The third kappa shape index (κ3) is 5.17. The lowest BCUT2D eigenvalue weighted by Crippen LogP contribution is -2.29. The molecule has 0 fully saturated rings. The van der Waals surface area contributed by atoms with Crippen molar-refractivity contribution in [1.82, 2.24) is 5.06 Å². The lowest BCUT2D eigenvalue weighted by atomic mass is 9.62. The highest BCUT2D eigenvalue weighted by Crippen LogP contribution is 2.34. The van der Waals surface area contributed by atoms with Gasteiger partial charge in [0, 0.05) is 18.5 Å². The molecule has 1 aliphatic carbocycles. The Kier molecular flexibility index (Phi) is 6.51. The molecule has 0 saturated heterocycles. The molecule has 0 amide bonds. The quantitative estimate of drug-likeness (QED) is 0.396. The minimum absolute atomic E-state index is 0.272. The molecule has 0 saturated carbocycles. The van der Waals surface area contributed by atoms with E-state index in [2.05, 4.69) is 6.58 Å². The number of alkyl halides is 3. The molecule has 2 nitrogen and oxygen atoms in total. The second-order valence-electron chi connectivity index (χ2n) is 5.68. The molecule has 0 radical (unpaired) electrons. The van der Waals surface area contributed by atoms with Crippen LogP contribution in [0.2, 0.25) is 6.82 Å². The maximum absolute atomic E-state index is 13.1. The highest BCUT2D eigenvalue weighted by atomic mass is 19.4. The third-order valence-electron chi connectivity index (χ3n) is 4.01. The Hall–Kier alpha value is -1.69. The second kappa shape index (κ2) is 7.73. The first-order chi connectivity index (χ1) is 10.6. The van der Waals surface area contributed by atoms with Crippen LogP contribution in [0.1, 0.15) is 20.8 Å². The van der Waals surface area contributed by atoms with Crippen LogP contribution in [-0.4, -0.2) is 25.2 Å². The van der Waals surface area contributed by atoms with Gasteiger partial charge < -0.3 is 4.76 Å². The van der Waals surface area contributed by atoms with E-state index in [0.29, 0.717) is 5.70 Å². The van der Waals surface area contributed by atoms with E-state index in [4.69, 9.17) is 4.76 Å². The SMILES string of the molecule is C=C/C(C)=C(/C)B(C)ON(C)C1=CC=C[C@@H](C)C(C(F)(F)F)=C1. The lowest BCUT2D eigenvalue weighted by molar-refractivity contribution is -0.0969. The number of hydrogen-bond donors (Lipinski definition) is 0. The number of hydroxylamine groups is 2. The van der Waals surface area contributed by atoms with Crippen molar-refractivity contribution in [2.24, 2.45) is 5.92 Å². The normalized spacial score (nSPS) is 19.4. The van der Waals surface area contributed by atoms with Gasteiger partial charge in [-0.25, -0.2) is 0 Å². The molecule has 0 unspecified atom stereocenters. The zero-order chi connectivity index (χ0) is 17.8. The van der Waals surface area contributed by atoms with Crippen molar-refractivity contribution in [3.05, 3.63) is 59.3 Å². The summed E-state index contributed by atoms with van der Waals surface area (Å²) in [5, 5.41) is 1.37. The van der Waals surface area contributed by atoms with E-state index in [0.717, 1.165) is 17.1 Å². The van der Waals surface area contributed by atoms with Gasteiger partial charge in [0.2, 0.25) is 0 Å². The molecule has 6 heteroatoms. The zero-order valence-corrected chi connectivity index (χ0v) is 14.2. The predicted molar refractivity (Wildman–Crippen MR) is 89.6 cm³/mol. The largest absolute Gasteiger partial charge is 0.413 e. The fourth-order valence-corrected chi connectivity index (χ4v) is 2.16. The zero-order valence-electron chi connectivity index (χ0n) is 14.2. The number of allylic oxidation sites excluding steroid dienone is 8. The van der Waals surface area contributed by atoms with Crippen LogP contribution in [0.5, 0.6) is 0 Å². The first-order valence-electron chi connectivity index (χ1n) is 7.45. The highest BCUT2D eigenvalue weighted by molar-refractivity contribution is 6.58. The summed E-state index contributed by atoms with van der Waals surface area (Å²) in [6.07, 6.45) is 3.26. The van der Waals surface area contributed by atoms with E-state index in [-0.39, 0.29) is 6.92 Å². The molecule has 0 heterocycles. The van der Waals surface area contributed by atoms with Crippen LogP contribution < -0.4 is 0 Å². The van der Waals surface area contributed by atoms with Crippen molar-refractivity contribution in [3.8, 4) is 0 Å². The Morgan fingerprint density at radius 3 is 2.52 bits per heavy atom. The minimum Gasteiger partial charge on any atom is -0.332 e. The maximum Gasteiger partial charge on any atom is 0.413 e. The average Bonchev–Trinajstić information content (AvgIpc) is 2.66.